The molecule has 0 amide bonds. The van der Waals surface area contributed by atoms with Gasteiger partial charge in [-0.25, -0.2) is 0 Å². The third-order valence-electron chi connectivity index (χ3n) is 1.38. The lowest BCUT2D eigenvalue weighted by molar-refractivity contribution is 0.924. The van der Waals surface area contributed by atoms with E-state index in [0.29, 0.717) is 0 Å². The molecule has 0 spiro atoms. The second-order valence-corrected chi connectivity index (χ2v) is 3.01. The van der Waals surface area contributed by atoms with Gasteiger partial charge in [0.2, 0.25) is 0 Å². The molecule has 2 heteroatoms. The van der Waals surface area contributed by atoms with Crippen LogP contribution in [0.25, 0.3) is 0 Å². The zero-order chi connectivity index (χ0) is 10.1. The second-order valence-electron chi connectivity index (χ2n) is 2.40. The maximum absolute atomic E-state index is 4.88. The predicted octanol–water partition coefficient (Wildman–Crippen LogP) is 3.15. The second kappa shape index (κ2) is 7.74. The topological polar surface area (TPSA) is 12.0 Å². The Morgan fingerprint density at radius 3 is 2.23 bits per heavy atom. The van der Waals surface area contributed by atoms with Gasteiger partial charge in [-0.1, -0.05) is 56.4 Å². The minimum Gasteiger partial charge on any atom is -0.376 e. The Morgan fingerprint density at radius 2 is 1.77 bits per heavy atom. The molecular formula is C11H17NS. The van der Waals surface area contributed by atoms with Gasteiger partial charge in [-0.3, -0.25) is 0 Å². The molecule has 1 nitrogen and oxygen atoms in total. The van der Waals surface area contributed by atoms with Crippen molar-refractivity contribution >= 4 is 17.2 Å². The summed E-state index contributed by atoms with van der Waals surface area (Å²) in [5.74, 6) is 0. The van der Waals surface area contributed by atoms with Crippen LogP contribution < -0.4 is 5.32 Å². The fraction of sp³-hybridized carbons (Fsp3) is 0.364. The van der Waals surface area contributed by atoms with Gasteiger partial charge < -0.3 is 5.32 Å². The molecule has 0 radical (unpaired) electrons. The Hall–Kier alpha value is -0.890. The van der Waals surface area contributed by atoms with Gasteiger partial charge in [0.1, 0.15) is 0 Å². The van der Waals surface area contributed by atoms with Crippen LogP contribution >= 0.6 is 12.2 Å². The Kier molecular flexibility index (Phi) is 7.21. The van der Waals surface area contributed by atoms with Crippen LogP contribution in [-0.2, 0) is 6.54 Å². The van der Waals surface area contributed by atoms with Gasteiger partial charge in [0, 0.05) is 6.54 Å². The summed E-state index contributed by atoms with van der Waals surface area (Å²) in [6.07, 6.45) is 0. The fourth-order valence-electron chi connectivity index (χ4n) is 0.822. The van der Waals surface area contributed by atoms with Gasteiger partial charge in [0.05, 0.1) is 4.99 Å². The zero-order valence-electron chi connectivity index (χ0n) is 8.50. The summed E-state index contributed by atoms with van der Waals surface area (Å²) in [6, 6.07) is 10.2. The standard InChI is InChI=1S/C9H11NS.C2H6/c1-8(11)10-7-9-5-3-2-4-6-9;1-2/h2-6H,7H2,1H3,(H,10,11);1-2H3. The molecule has 0 atom stereocenters. The van der Waals surface area contributed by atoms with Crippen molar-refractivity contribution in [2.45, 2.75) is 27.3 Å². The third-order valence-corrected chi connectivity index (χ3v) is 1.53. The van der Waals surface area contributed by atoms with Gasteiger partial charge in [0.25, 0.3) is 0 Å². The van der Waals surface area contributed by atoms with Crippen molar-refractivity contribution < 1.29 is 0 Å². The molecule has 0 fully saturated rings. The molecule has 0 saturated carbocycles. The molecule has 13 heavy (non-hydrogen) atoms. The van der Waals surface area contributed by atoms with E-state index in [9.17, 15) is 0 Å². The van der Waals surface area contributed by atoms with Crippen LogP contribution in [0.5, 0.6) is 0 Å². The Balaban J connectivity index is 0.000000671. The summed E-state index contributed by atoms with van der Waals surface area (Å²) < 4.78 is 0. The van der Waals surface area contributed by atoms with E-state index in [0.717, 1.165) is 11.5 Å². The maximum atomic E-state index is 4.88. The minimum atomic E-state index is 0.830. The molecule has 1 aromatic carbocycles. The first kappa shape index (κ1) is 12.1. The van der Waals surface area contributed by atoms with Gasteiger partial charge in [-0.2, -0.15) is 0 Å². The third kappa shape index (κ3) is 6.29. The lowest BCUT2D eigenvalue weighted by Crippen LogP contribution is -2.16. The molecule has 1 rings (SSSR count). The number of hydrogen-bond donors (Lipinski definition) is 1. The maximum Gasteiger partial charge on any atom is 0.0724 e. The molecule has 0 heterocycles. The summed E-state index contributed by atoms with van der Waals surface area (Å²) in [6.45, 7) is 6.72. The predicted molar refractivity (Wildman–Crippen MR) is 62.9 cm³/mol. The van der Waals surface area contributed by atoms with Crippen LogP contribution in [0.4, 0.5) is 0 Å². The Bertz CT molecular complexity index is 231. The average molecular weight is 195 g/mol. The van der Waals surface area contributed by atoms with Crippen molar-refractivity contribution in [3.63, 3.8) is 0 Å². The average Bonchev–Trinajstić information content (AvgIpc) is 2.19. The van der Waals surface area contributed by atoms with Crippen molar-refractivity contribution in [1.29, 1.82) is 0 Å². The molecule has 0 aliphatic carbocycles. The molecule has 72 valence electrons. The van der Waals surface area contributed by atoms with E-state index < -0.39 is 0 Å². The number of hydrogen-bond acceptors (Lipinski definition) is 1. The number of nitrogens with one attached hydrogen (secondary N) is 1. The van der Waals surface area contributed by atoms with E-state index in [1.54, 1.807) is 0 Å². The normalized spacial score (nSPS) is 8.23. The van der Waals surface area contributed by atoms with Crippen molar-refractivity contribution in [2.75, 3.05) is 0 Å². The summed E-state index contributed by atoms with van der Waals surface area (Å²) in [5.41, 5.74) is 1.26. The largest absolute Gasteiger partial charge is 0.376 e. The molecule has 0 bridgehead atoms. The quantitative estimate of drug-likeness (QED) is 0.728. The van der Waals surface area contributed by atoms with Gasteiger partial charge >= 0.3 is 0 Å². The summed E-state index contributed by atoms with van der Waals surface area (Å²) in [5, 5.41) is 3.09. The molecule has 0 unspecified atom stereocenters. The number of thiocarbonyl (C=S) groups is 1. The molecule has 0 aliphatic rings. The first-order valence-electron chi connectivity index (χ1n) is 4.57. The van der Waals surface area contributed by atoms with Crippen molar-refractivity contribution in [3.05, 3.63) is 35.9 Å². The Labute approximate surface area is 86.2 Å². The SMILES string of the molecule is CC.CC(=S)NCc1ccccc1. The molecule has 1 aromatic rings. The highest BCUT2D eigenvalue weighted by molar-refractivity contribution is 7.80. The first-order chi connectivity index (χ1) is 6.29. The Morgan fingerprint density at radius 1 is 1.23 bits per heavy atom. The molecule has 0 aromatic heterocycles. The van der Waals surface area contributed by atoms with Gasteiger partial charge in [-0.05, 0) is 12.5 Å². The minimum absolute atomic E-state index is 0.830. The van der Waals surface area contributed by atoms with Crippen molar-refractivity contribution in [3.8, 4) is 0 Å². The van der Waals surface area contributed by atoms with E-state index in [4.69, 9.17) is 12.2 Å². The van der Waals surface area contributed by atoms with Crippen LogP contribution in [0.2, 0.25) is 0 Å². The van der Waals surface area contributed by atoms with Crippen LogP contribution in [-0.4, -0.2) is 4.99 Å². The van der Waals surface area contributed by atoms with Crippen molar-refractivity contribution in [2.24, 2.45) is 0 Å². The van der Waals surface area contributed by atoms with E-state index in [-0.39, 0.29) is 0 Å². The lowest BCUT2D eigenvalue weighted by Gasteiger charge is -2.02. The molecule has 0 saturated heterocycles. The van der Waals surface area contributed by atoms with Gasteiger partial charge in [0.15, 0.2) is 0 Å². The lowest BCUT2D eigenvalue weighted by atomic mass is 10.2. The highest BCUT2D eigenvalue weighted by atomic mass is 32.1. The van der Waals surface area contributed by atoms with Crippen LogP contribution in [0.15, 0.2) is 30.3 Å². The highest BCUT2D eigenvalue weighted by Gasteiger charge is 1.88. The fourth-order valence-corrected chi connectivity index (χ4v) is 0.895. The van der Waals surface area contributed by atoms with E-state index in [2.05, 4.69) is 17.4 Å². The number of rotatable bonds is 2. The summed E-state index contributed by atoms with van der Waals surface area (Å²) >= 11 is 4.88. The van der Waals surface area contributed by atoms with Crippen LogP contribution in [0.3, 0.4) is 0 Å². The molecule has 0 aliphatic heterocycles. The van der Waals surface area contributed by atoms with Crippen LogP contribution in [0, 0.1) is 0 Å². The smallest absolute Gasteiger partial charge is 0.0724 e. The zero-order valence-corrected chi connectivity index (χ0v) is 9.32. The number of benzene rings is 1. The van der Waals surface area contributed by atoms with E-state index in [1.807, 2.05) is 39.0 Å². The molecule has 1 N–H and O–H groups in total. The first-order valence-corrected chi connectivity index (χ1v) is 4.98. The monoisotopic (exact) mass is 195 g/mol. The summed E-state index contributed by atoms with van der Waals surface area (Å²) in [4.78, 5) is 0.842. The van der Waals surface area contributed by atoms with Crippen LogP contribution in [0.1, 0.15) is 26.3 Å². The molecular weight excluding hydrogens is 178 g/mol. The highest BCUT2D eigenvalue weighted by Crippen LogP contribution is 1.96. The summed E-state index contributed by atoms with van der Waals surface area (Å²) in [7, 11) is 0. The van der Waals surface area contributed by atoms with Gasteiger partial charge in [-0.15, -0.1) is 0 Å². The van der Waals surface area contributed by atoms with E-state index in [1.165, 1.54) is 5.56 Å². The van der Waals surface area contributed by atoms with E-state index >= 15 is 0 Å². The van der Waals surface area contributed by atoms with Crippen molar-refractivity contribution in [1.82, 2.24) is 5.32 Å².